The molecule has 0 saturated carbocycles. The van der Waals surface area contributed by atoms with E-state index in [9.17, 15) is 5.11 Å². The Labute approximate surface area is 125 Å². The van der Waals surface area contributed by atoms with Gasteiger partial charge >= 0.3 is 0 Å². The molecule has 0 spiro atoms. The molecule has 21 heavy (non-hydrogen) atoms. The van der Waals surface area contributed by atoms with Crippen molar-refractivity contribution in [2.45, 2.75) is 25.2 Å². The molecule has 1 N–H and O–H groups in total. The zero-order chi connectivity index (χ0) is 14.5. The van der Waals surface area contributed by atoms with Crippen LogP contribution >= 0.6 is 0 Å². The molecule has 0 amide bonds. The third-order valence-electron chi connectivity index (χ3n) is 3.95. The minimum absolute atomic E-state index is 0.0606. The molecule has 2 unspecified atom stereocenters. The first-order valence-corrected chi connectivity index (χ1v) is 7.40. The molecule has 2 aromatic rings. The maximum absolute atomic E-state index is 10.1. The number of benzene rings is 2. The second-order valence-corrected chi connectivity index (χ2v) is 5.55. The molecule has 1 aliphatic rings. The molecular formula is C18H21NO2. The standard InChI is InChI=1S/C18H21NO2/c20-18-14-21-13-17(18)19(11-15-7-3-1-4-8-15)12-16-9-5-2-6-10-16/h1-10,17-18,20H,11-14H2. The predicted molar refractivity (Wildman–Crippen MR) is 82.7 cm³/mol. The zero-order valence-electron chi connectivity index (χ0n) is 12.1. The Kier molecular flexibility index (Phi) is 4.65. The highest BCUT2D eigenvalue weighted by atomic mass is 16.5. The maximum Gasteiger partial charge on any atom is 0.0951 e. The van der Waals surface area contributed by atoms with Gasteiger partial charge in [-0.1, -0.05) is 60.7 Å². The van der Waals surface area contributed by atoms with Gasteiger partial charge in [0.25, 0.3) is 0 Å². The summed E-state index contributed by atoms with van der Waals surface area (Å²) < 4.78 is 5.43. The average Bonchev–Trinajstić information content (AvgIpc) is 2.95. The van der Waals surface area contributed by atoms with E-state index in [0.717, 1.165) is 13.1 Å². The molecule has 0 aromatic heterocycles. The van der Waals surface area contributed by atoms with Gasteiger partial charge in [-0.3, -0.25) is 4.90 Å². The number of hydrogen-bond donors (Lipinski definition) is 1. The molecular weight excluding hydrogens is 262 g/mol. The van der Waals surface area contributed by atoms with Crippen LogP contribution in [0.2, 0.25) is 0 Å². The van der Waals surface area contributed by atoms with Crippen LogP contribution in [0.5, 0.6) is 0 Å². The van der Waals surface area contributed by atoms with E-state index in [0.29, 0.717) is 13.2 Å². The molecule has 0 aliphatic carbocycles. The van der Waals surface area contributed by atoms with Crippen molar-refractivity contribution in [1.82, 2.24) is 4.90 Å². The van der Waals surface area contributed by atoms with Crippen molar-refractivity contribution in [3.63, 3.8) is 0 Å². The van der Waals surface area contributed by atoms with Gasteiger partial charge in [0, 0.05) is 13.1 Å². The van der Waals surface area contributed by atoms with Crippen LogP contribution in [0.1, 0.15) is 11.1 Å². The molecule has 3 rings (SSSR count). The number of hydrogen-bond acceptors (Lipinski definition) is 3. The molecule has 3 nitrogen and oxygen atoms in total. The highest BCUT2D eigenvalue weighted by molar-refractivity contribution is 5.17. The van der Waals surface area contributed by atoms with E-state index >= 15 is 0 Å². The van der Waals surface area contributed by atoms with E-state index in [1.165, 1.54) is 11.1 Å². The molecule has 1 saturated heterocycles. The van der Waals surface area contributed by atoms with Gasteiger partial charge in [-0.25, -0.2) is 0 Å². The number of ether oxygens (including phenoxy) is 1. The summed E-state index contributed by atoms with van der Waals surface area (Å²) in [6, 6.07) is 20.8. The number of nitrogens with zero attached hydrogens (tertiary/aromatic N) is 1. The lowest BCUT2D eigenvalue weighted by Crippen LogP contribution is -2.42. The molecule has 0 bridgehead atoms. The second kappa shape index (κ2) is 6.85. The van der Waals surface area contributed by atoms with Crippen LogP contribution in [0.25, 0.3) is 0 Å². The molecule has 2 aromatic carbocycles. The fraction of sp³-hybridized carbons (Fsp3) is 0.333. The van der Waals surface area contributed by atoms with Gasteiger partial charge in [0.15, 0.2) is 0 Å². The fourth-order valence-electron chi connectivity index (χ4n) is 2.81. The van der Waals surface area contributed by atoms with Gasteiger partial charge in [0.1, 0.15) is 0 Å². The van der Waals surface area contributed by atoms with Gasteiger partial charge in [-0.15, -0.1) is 0 Å². The molecule has 1 aliphatic heterocycles. The van der Waals surface area contributed by atoms with Crippen molar-refractivity contribution in [3.05, 3.63) is 71.8 Å². The van der Waals surface area contributed by atoms with Crippen LogP contribution in [0.3, 0.4) is 0 Å². The normalized spacial score (nSPS) is 21.8. The average molecular weight is 283 g/mol. The largest absolute Gasteiger partial charge is 0.389 e. The summed E-state index contributed by atoms with van der Waals surface area (Å²) in [6.45, 7) is 2.67. The quantitative estimate of drug-likeness (QED) is 0.915. The first-order valence-electron chi connectivity index (χ1n) is 7.40. The molecule has 1 heterocycles. The Morgan fingerprint density at radius 3 is 1.81 bits per heavy atom. The van der Waals surface area contributed by atoms with Gasteiger partial charge < -0.3 is 9.84 Å². The van der Waals surface area contributed by atoms with Crippen LogP contribution < -0.4 is 0 Å². The van der Waals surface area contributed by atoms with Crippen molar-refractivity contribution in [2.75, 3.05) is 13.2 Å². The summed E-state index contributed by atoms with van der Waals surface area (Å²) in [6.07, 6.45) is -0.405. The zero-order valence-corrected chi connectivity index (χ0v) is 12.1. The van der Waals surface area contributed by atoms with Gasteiger partial charge in [0.2, 0.25) is 0 Å². The Balaban J connectivity index is 1.77. The third-order valence-corrected chi connectivity index (χ3v) is 3.95. The monoisotopic (exact) mass is 283 g/mol. The maximum atomic E-state index is 10.1. The minimum atomic E-state index is -0.405. The summed E-state index contributed by atoms with van der Waals surface area (Å²) >= 11 is 0. The lowest BCUT2D eigenvalue weighted by molar-refractivity contribution is 0.0727. The summed E-state index contributed by atoms with van der Waals surface area (Å²) in [7, 11) is 0. The Hall–Kier alpha value is -1.68. The van der Waals surface area contributed by atoms with Crippen molar-refractivity contribution in [1.29, 1.82) is 0 Å². The van der Waals surface area contributed by atoms with Gasteiger partial charge in [-0.05, 0) is 11.1 Å². The molecule has 2 atom stereocenters. The lowest BCUT2D eigenvalue weighted by Gasteiger charge is -2.30. The molecule has 110 valence electrons. The van der Waals surface area contributed by atoms with Crippen LogP contribution in [0, 0.1) is 0 Å². The van der Waals surface area contributed by atoms with E-state index in [2.05, 4.69) is 53.4 Å². The number of rotatable bonds is 5. The highest BCUT2D eigenvalue weighted by Crippen LogP contribution is 2.19. The van der Waals surface area contributed by atoms with Crippen molar-refractivity contribution in [2.24, 2.45) is 0 Å². The first-order chi connectivity index (χ1) is 10.3. The molecule has 1 fully saturated rings. The van der Waals surface area contributed by atoms with Crippen LogP contribution in [-0.4, -0.2) is 35.4 Å². The molecule has 3 heteroatoms. The summed E-state index contributed by atoms with van der Waals surface area (Å²) in [4.78, 5) is 2.31. The highest BCUT2D eigenvalue weighted by Gasteiger charge is 2.31. The summed E-state index contributed by atoms with van der Waals surface area (Å²) in [5, 5.41) is 10.1. The van der Waals surface area contributed by atoms with Crippen LogP contribution in [-0.2, 0) is 17.8 Å². The SMILES string of the molecule is OC1COCC1N(Cc1ccccc1)Cc1ccccc1. The van der Waals surface area contributed by atoms with Gasteiger partial charge in [0.05, 0.1) is 25.4 Å². The second-order valence-electron chi connectivity index (χ2n) is 5.55. The lowest BCUT2D eigenvalue weighted by atomic mass is 10.1. The summed E-state index contributed by atoms with van der Waals surface area (Å²) in [5.74, 6) is 0. The predicted octanol–water partition coefficient (Wildman–Crippen LogP) is 2.45. The summed E-state index contributed by atoms with van der Waals surface area (Å²) in [5.41, 5.74) is 2.51. The van der Waals surface area contributed by atoms with E-state index in [1.54, 1.807) is 0 Å². The Morgan fingerprint density at radius 1 is 0.857 bits per heavy atom. The smallest absolute Gasteiger partial charge is 0.0951 e. The van der Waals surface area contributed by atoms with E-state index in [4.69, 9.17) is 4.74 Å². The minimum Gasteiger partial charge on any atom is -0.389 e. The van der Waals surface area contributed by atoms with E-state index < -0.39 is 6.10 Å². The van der Waals surface area contributed by atoms with Crippen molar-refractivity contribution in [3.8, 4) is 0 Å². The number of aliphatic hydroxyl groups excluding tert-OH is 1. The van der Waals surface area contributed by atoms with E-state index in [-0.39, 0.29) is 6.04 Å². The Bertz CT molecular complexity index is 502. The third kappa shape index (κ3) is 3.70. The topological polar surface area (TPSA) is 32.7 Å². The van der Waals surface area contributed by atoms with Crippen molar-refractivity contribution < 1.29 is 9.84 Å². The fourth-order valence-corrected chi connectivity index (χ4v) is 2.81. The Morgan fingerprint density at radius 2 is 1.38 bits per heavy atom. The first kappa shape index (κ1) is 14.3. The van der Waals surface area contributed by atoms with Crippen LogP contribution in [0.15, 0.2) is 60.7 Å². The van der Waals surface area contributed by atoms with E-state index in [1.807, 2.05) is 12.1 Å². The van der Waals surface area contributed by atoms with Crippen molar-refractivity contribution >= 4 is 0 Å². The number of aliphatic hydroxyl groups is 1. The van der Waals surface area contributed by atoms with Crippen LogP contribution in [0.4, 0.5) is 0 Å². The molecule has 0 radical (unpaired) electrons. The van der Waals surface area contributed by atoms with Gasteiger partial charge in [-0.2, -0.15) is 0 Å².